The Bertz CT molecular complexity index is 1270. The molecule has 0 aliphatic carbocycles. The molecule has 0 radical (unpaired) electrons. The summed E-state index contributed by atoms with van der Waals surface area (Å²) in [4.78, 5) is 20.8. The van der Waals surface area contributed by atoms with Gasteiger partial charge >= 0.3 is 6.03 Å². The second-order valence-corrected chi connectivity index (χ2v) is 9.32. The number of aromatic nitrogens is 2. The third-order valence-corrected chi connectivity index (χ3v) is 6.37. The van der Waals surface area contributed by atoms with Crippen LogP contribution in [-0.4, -0.2) is 75.4 Å². The molecule has 3 heterocycles. The highest BCUT2D eigenvalue weighted by Gasteiger charge is 2.20. The number of benzene rings is 2. The molecule has 2 aliphatic rings. The Morgan fingerprint density at radius 1 is 1.08 bits per heavy atom. The first-order chi connectivity index (χ1) is 18.6. The molecule has 5 rings (SSSR count). The van der Waals surface area contributed by atoms with Crippen molar-refractivity contribution >= 4 is 34.2 Å². The number of fused-ring (bicyclic) bond motifs is 1. The van der Waals surface area contributed by atoms with E-state index in [1.165, 1.54) is 6.33 Å². The highest BCUT2D eigenvalue weighted by atomic mass is 35.5. The first-order valence-electron chi connectivity index (χ1n) is 12.3. The molecular weight excluding hydrogens is 516 g/mol. The van der Waals surface area contributed by atoms with Gasteiger partial charge in [-0.25, -0.2) is 14.8 Å². The number of ether oxygens (including phenoxy) is 6. The monoisotopic (exact) mass is 544 g/mol. The molecule has 0 saturated carbocycles. The van der Waals surface area contributed by atoms with Gasteiger partial charge in [0.05, 0.1) is 68.4 Å². The van der Waals surface area contributed by atoms with Gasteiger partial charge in [0.2, 0.25) is 5.88 Å². The van der Waals surface area contributed by atoms with Gasteiger partial charge < -0.3 is 39.1 Å². The van der Waals surface area contributed by atoms with Gasteiger partial charge in [0.15, 0.2) is 11.5 Å². The molecule has 2 N–H and O–H groups in total. The summed E-state index contributed by atoms with van der Waals surface area (Å²) >= 11 is 6.40. The number of rotatable bonds is 12. The fraction of sp³-hybridized carbons (Fsp3) is 0.423. The van der Waals surface area contributed by atoms with Crippen LogP contribution in [0.3, 0.4) is 0 Å². The number of halogens is 1. The summed E-state index contributed by atoms with van der Waals surface area (Å²) in [6, 6.07) is 8.20. The number of urea groups is 1. The first-order valence-corrected chi connectivity index (χ1v) is 12.7. The van der Waals surface area contributed by atoms with Crippen molar-refractivity contribution in [3.8, 4) is 23.1 Å². The van der Waals surface area contributed by atoms with Crippen LogP contribution in [0, 0.1) is 5.92 Å². The number of nitrogens with zero attached hydrogens (tertiary/aromatic N) is 2. The molecule has 2 amide bonds. The summed E-state index contributed by atoms with van der Waals surface area (Å²) in [5.41, 5.74) is 1.09. The lowest BCUT2D eigenvalue weighted by Crippen LogP contribution is -2.40. The van der Waals surface area contributed by atoms with Crippen molar-refractivity contribution in [3.05, 3.63) is 41.7 Å². The van der Waals surface area contributed by atoms with Crippen molar-refractivity contribution < 1.29 is 33.2 Å². The van der Waals surface area contributed by atoms with Crippen LogP contribution >= 0.6 is 11.6 Å². The number of hydrogen-bond donors (Lipinski definition) is 2. The molecule has 0 atom stereocenters. The van der Waals surface area contributed by atoms with Crippen molar-refractivity contribution in [2.24, 2.45) is 5.92 Å². The Morgan fingerprint density at radius 2 is 1.92 bits per heavy atom. The van der Waals surface area contributed by atoms with Crippen molar-refractivity contribution in [3.63, 3.8) is 0 Å². The summed E-state index contributed by atoms with van der Waals surface area (Å²) < 4.78 is 33.4. The Balaban J connectivity index is 1.22. The second-order valence-electron chi connectivity index (χ2n) is 8.91. The first kappa shape index (κ1) is 26.2. The zero-order chi connectivity index (χ0) is 26.3. The predicted octanol–water partition coefficient (Wildman–Crippen LogP) is 4.04. The van der Waals surface area contributed by atoms with Crippen LogP contribution in [0.4, 0.5) is 10.5 Å². The molecule has 3 aromatic rings. The third kappa shape index (κ3) is 6.54. The molecule has 202 valence electrons. The Labute approximate surface area is 224 Å². The van der Waals surface area contributed by atoms with E-state index < -0.39 is 0 Å². The molecular formula is C26H29ClN4O7. The molecule has 38 heavy (non-hydrogen) atoms. The third-order valence-electron chi connectivity index (χ3n) is 6.05. The highest BCUT2D eigenvalue weighted by molar-refractivity contribution is 6.33. The van der Waals surface area contributed by atoms with Gasteiger partial charge in [0.25, 0.3) is 0 Å². The minimum Gasteiger partial charge on any atom is -0.493 e. The molecule has 2 saturated heterocycles. The van der Waals surface area contributed by atoms with Crippen LogP contribution in [0.25, 0.3) is 10.9 Å². The average Bonchev–Trinajstić information content (AvgIpc) is 2.85. The number of nitrogens with one attached hydrogen (secondary N) is 2. The van der Waals surface area contributed by atoms with E-state index in [1.54, 1.807) is 37.4 Å². The van der Waals surface area contributed by atoms with Gasteiger partial charge in [-0.05, 0) is 18.2 Å². The fourth-order valence-corrected chi connectivity index (χ4v) is 3.99. The van der Waals surface area contributed by atoms with E-state index >= 15 is 0 Å². The van der Waals surface area contributed by atoms with E-state index in [0.717, 1.165) is 6.42 Å². The van der Waals surface area contributed by atoms with Crippen LogP contribution in [0.1, 0.15) is 6.42 Å². The lowest BCUT2D eigenvalue weighted by Gasteiger charge is -2.25. The molecule has 0 spiro atoms. The molecule has 0 unspecified atom stereocenters. The van der Waals surface area contributed by atoms with Crippen molar-refractivity contribution in [1.82, 2.24) is 15.3 Å². The second kappa shape index (κ2) is 12.4. The lowest BCUT2D eigenvalue weighted by atomic mass is 10.1. The molecule has 1 aromatic heterocycles. The number of amides is 2. The van der Waals surface area contributed by atoms with Gasteiger partial charge in [-0.1, -0.05) is 11.6 Å². The number of hydrogen-bond acceptors (Lipinski definition) is 9. The molecule has 11 nitrogen and oxygen atoms in total. The van der Waals surface area contributed by atoms with Gasteiger partial charge in [0, 0.05) is 31.0 Å². The van der Waals surface area contributed by atoms with Crippen LogP contribution in [0.5, 0.6) is 23.1 Å². The quantitative estimate of drug-likeness (QED) is 0.325. The largest absolute Gasteiger partial charge is 0.493 e. The Morgan fingerprint density at radius 3 is 2.63 bits per heavy atom. The van der Waals surface area contributed by atoms with Gasteiger partial charge in [-0.15, -0.1) is 0 Å². The minimum atomic E-state index is -0.333. The Hall–Kier alpha value is -3.38. The van der Waals surface area contributed by atoms with Crippen LogP contribution < -0.4 is 24.8 Å². The molecule has 2 fully saturated rings. The SMILES string of the molecule is COc1cc2c(Oc3ccc(NC(=O)NCC4COC4)c(Cl)c3)ncnc2cc1OCCCOC1COC1. The van der Waals surface area contributed by atoms with Crippen LogP contribution in [-0.2, 0) is 14.2 Å². The topological polar surface area (TPSA) is 122 Å². The summed E-state index contributed by atoms with van der Waals surface area (Å²) in [5.74, 6) is 2.22. The molecule has 2 aromatic carbocycles. The maximum atomic E-state index is 12.2. The summed E-state index contributed by atoms with van der Waals surface area (Å²) in [7, 11) is 1.57. The maximum absolute atomic E-state index is 12.2. The number of anilines is 1. The van der Waals surface area contributed by atoms with Gasteiger partial charge in [0.1, 0.15) is 18.2 Å². The van der Waals surface area contributed by atoms with E-state index in [4.69, 9.17) is 40.0 Å². The highest BCUT2D eigenvalue weighted by Crippen LogP contribution is 2.37. The molecule has 12 heteroatoms. The standard InChI is InChI=1S/C26H29ClN4O7/c1-33-23-8-19-22(9-24(23)37-6-2-5-36-18-13-35-14-18)29-15-30-25(19)38-17-3-4-21(20(27)7-17)31-26(32)28-10-16-11-34-12-16/h3-4,7-9,15-16,18H,2,5-6,10-14H2,1H3,(H2,28,31,32). The van der Waals surface area contributed by atoms with E-state index in [9.17, 15) is 4.79 Å². The Kier molecular flexibility index (Phi) is 8.59. The van der Waals surface area contributed by atoms with Crippen LogP contribution in [0.2, 0.25) is 5.02 Å². The number of carbonyl (C=O) groups is 1. The van der Waals surface area contributed by atoms with Crippen molar-refractivity contribution in [1.29, 1.82) is 0 Å². The lowest BCUT2D eigenvalue weighted by molar-refractivity contribution is -0.130. The van der Waals surface area contributed by atoms with E-state index in [0.29, 0.717) is 96.8 Å². The summed E-state index contributed by atoms with van der Waals surface area (Å²) in [5, 5.41) is 6.52. The average molecular weight is 545 g/mol. The molecule has 2 aliphatic heterocycles. The zero-order valence-corrected chi connectivity index (χ0v) is 21.7. The van der Waals surface area contributed by atoms with Gasteiger partial charge in [-0.2, -0.15) is 0 Å². The number of methoxy groups -OCH3 is 1. The fourth-order valence-electron chi connectivity index (χ4n) is 3.77. The number of carbonyl (C=O) groups excluding carboxylic acids is 1. The zero-order valence-electron chi connectivity index (χ0n) is 20.9. The van der Waals surface area contributed by atoms with E-state index in [2.05, 4.69) is 20.6 Å². The van der Waals surface area contributed by atoms with Crippen molar-refractivity contribution in [2.45, 2.75) is 12.5 Å². The summed E-state index contributed by atoms with van der Waals surface area (Å²) in [6.07, 6.45) is 2.34. The van der Waals surface area contributed by atoms with E-state index in [-0.39, 0.29) is 12.1 Å². The normalized spacial score (nSPS) is 15.4. The van der Waals surface area contributed by atoms with Gasteiger partial charge in [-0.3, -0.25) is 0 Å². The predicted molar refractivity (Wildman–Crippen MR) is 140 cm³/mol. The van der Waals surface area contributed by atoms with E-state index in [1.807, 2.05) is 0 Å². The maximum Gasteiger partial charge on any atom is 0.319 e. The minimum absolute atomic E-state index is 0.194. The summed E-state index contributed by atoms with van der Waals surface area (Å²) in [6.45, 7) is 4.26. The smallest absolute Gasteiger partial charge is 0.319 e. The molecule has 0 bridgehead atoms. The van der Waals surface area contributed by atoms with Crippen LogP contribution in [0.15, 0.2) is 36.7 Å². The van der Waals surface area contributed by atoms with Crippen molar-refractivity contribution in [2.75, 3.05) is 58.6 Å².